The third kappa shape index (κ3) is 4.41. The Morgan fingerprint density at radius 1 is 1.26 bits per heavy atom. The Hall–Kier alpha value is -1.73. The zero-order chi connectivity index (χ0) is 19.6. The number of anilines is 1. The van der Waals surface area contributed by atoms with Gasteiger partial charge in [-0.05, 0) is 64.0 Å². The summed E-state index contributed by atoms with van der Waals surface area (Å²) < 4.78 is 19.2. The van der Waals surface area contributed by atoms with E-state index >= 15 is 0 Å². The van der Waals surface area contributed by atoms with Crippen LogP contribution in [0, 0.1) is 22.9 Å². The van der Waals surface area contributed by atoms with Crippen LogP contribution in [0.4, 0.5) is 15.8 Å². The molecule has 0 spiro atoms. The van der Waals surface area contributed by atoms with Gasteiger partial charge in [-0.1, -0.05) is 0 Å². The Balaban J connectivity index is 1.60. The molecule has 2 aliphatic rings. The number of likely N-dealkylation sites (tertiary alicyclic amines) is 1. The summed E-state index contributed by atoms with van der Waals surface area (Å²) in [6.07, 6.45) is 6.74. The SMILES string of the molecule is COC1CCC(C)(N2CCC(Nc3cc(C)c(F)cc3[N+](=O)[O-])CC2)CC1. The standard InChI is InChI=1S/C20H30FN3O3/c1-14-12-18(19(24(25)26)13-17(14)21)22-15-6-10-23(11-7-15)20(2)8-4-16(27-3)5-9-20/h12-13,15-16,22H,4-11H2,1-3H3. The van der Waals surface area contributed by atoms with E-state index in [-0.39, 0.29) is 17.3 Å². The van der Waals surface area contributed by atoms with Crippen LogP contribution in [-0.4, -0.2) is 47.7 Å². The van der Waals surface area contributed by atoms with Crippen molar-refractivity contribution in [3.05, 3.63) is 33.6 Å². The summed E-state index contributed by atoms with van der Waals surface area (Å²) in [5.41, 5.74) is 0.871. The number of nitro groups is 1. The topological polar surface area (TPSA) is 67.6 Å². The molecule has 2 fully saturated rings. The first-order chi connectivity index (χ1) is 12.8. The van der Waals surface area contributed by atoms with E-state index in [2.05, 4.69) is 17.1 Å². The fraction of sp³-hybridized carbons (Fsp3) is 0.700. The maximum atomic E-state index is 13.7. The van der Waals surface area contributed by atoms with Crippen molar-refractivity contribution in [2.75, 3.05) is 25.5 Å². The summed E-state index contributed by atoms with van der Waals surface area (Å²) in [5.74, 6) is -0.540. The summed E-state index contributed by atoms with van der Waals surface area (Å²) in [6.45, 7) is 5.92. The second-order valence-corrected chi connectivity index (χ2v) is 8.21. The molecule has 1 aromatic rings. The Morgan fingerprint density at radius 3 is 2.44 bits per heavy atom. The van der Waals surface area contributed by atoms with Gasteiger partial charge in [0.25, 0.3) is 5.69 Å². The zero-order valence-corrected chi connectivity index (χ0v) is 16.5. The number of methoxy groups -OCH3 is 1. The molecule has 1 aliphatic carbocycles. The molecular formula is C20H30FN3O3. The van der Waals surface area contributed by atoms with Gasteiger partial charge in [-0.25, -0.2) is 4.39 Å². The number of halogens is 1. The maximum absolute atomic E-state index is 13.7. The predicted molar refractivity (Wildman–Crippen MR) is 104 cm³/mol. The number of aryl methyl sites for hydroxylation is 1. The molecule has 0 atom stereocenters. The lowest BCUT2D eigenvalue weighted by Crippen LogP contribution is -2.53. The average molecular weight is 379 g/mol. The number of nitrogens with zero attached hydrogens (tertiary/aromatic N) is 2. The number of rotatable bonds is 5. The molecule has 1 saturated carbocycles. The Labute approximate surface area is 160 Å². The van der Waals surface area contributed by atoms with Crippen LogP contribution in [0.15, 0.2) is 12.1 Å². The summed E-state index contributed by atoms with van der Waals surface area (Å²) >= 11 is 0. The Morgan fingerprint density at radius 2 is 1.89 bits per heavy atom. The normalized spacial score (nSPS) is 27.5. The van der Waals surface area contributed by atoms with Crippen molar-refractivity contribution in [2.45, 2.75) is 70.1 Å². The minimum absolute atomic E-state index is 0.170. The fourth-order valence-corrected chi connectivity index (χ4v) is 4.49. The maximum Gasteiger partial charge on any atom is 0.295 e. The second kappa shape index (κ2) is 8.10. The van der Waals surface area contributed by atoms with Gasteiger partial charge in [-0.15, -0.1) is 0 Å². The number of nitro benzene ring substituents is 1. The molecule has 0 aromatic heterocycles. The van der Waals surface area contributed by atoms with Gasteiger partial charge in [-0.3, -0.25) is 15.0 Å². The van der Waals surface area contributed by atoms with Gasteiger partial charge in [0.1, 0.15) is 11.5 Å². The van der Waals surface area contributed by atoms with Gasteiger partial charge in [0.2, 0.25) is 0 Å². The lowest BCUT2D eigenvalue weighted by Gasteiger charge is -2.48. The van der Waals surface area contributed by atoms with Crippen LogP contribution < -0.4 is 5.32 Å². The first-order valence-corrected chi connectivity index (χ1v) is 9.81. The van der Waals surface area contributed by atoms with Crippen molar-refractivity contribution in [1.82, 2.24) is 4.90 Å². The molecule has 0 radical (unpaired) electrons. The largest absolute Gasteiger partial charge is 0.381 e. The van der Waals surface area contributed by atoms with E-state index in [0.29, 0.717) is 17.4 Å². The lowest BCUT2D eigenvalue weighted by atomic mass is 9.79. The minimum Gasteiger partial charge on any atom is -0.381 e. The predicted octanol–water partition coefficient (Wildman–Crippen LogP) is 4.27. The molecule has 0 unspecified atom stereocenters. The highest BCUT2D eigenvalue weighted by Crippen LogP contribution is 2.37. The third-order valence-corrected chi connectivity index (χ3v) is 6.43. The highest BCUT2D eigenvalue weighted by atomic mass is 19.1. The summed E-state index contributed by atoms with van der Waals surface area (Å²) in [6, 6.07) is 2.73. The smallest absolute Gasteiger partial charge is 0.295 e. The van der Waals surface area contributed by atoms with E-state index in [1.54, 1.807) is 20.1 Å². The Kier molecular flexibility index (Phi) is 6.01. The molecule has 7 heteroatoms. The first-order valence-electron chi connectivity index (χ1n) is 9.81. The molecule has 1 heterocycles. The fourth-order valence-electron chi connectivity index (χ4n) is 4.49. The molecule has 3 rings (SSSR count). The van der Waals surface area contributed by atoms with Crippen molar-refractivity contribution in [3.63, 3.8) is 0 Å². The molecule has 1 N–H and O–H groups in total. The zero-order valence-electron chi connectivity index (χ0n) is 16.5. The van der Waals surface area contributed by atoms with E-state index in [1.165, 1.54) is 0 Å². The molecule has 1 aliphatic heterocycles. The van der Waals surface area contributed by atoms with Gasteiger partial charge in [0.15, 0.2) is 0 Å². The first kappa shape index (κ1) is 20.0. The van der Waals surface area contributed by atoms with Crippen molar-refractivity contribution in [3.8, 4) is 0 Å². The molecule has 27 heavy (non-hydrogen) atoms. The van der Waals surface area contributed by atoms with Crippen LogP contribution >= 0.6 is 0 Å². The van der Waals surface area contributed by atoms with Crippen LogP contribution in [0.2, 0.25) is 0 Å². The number of benzene rings is 1. The highest BCUT2D eigenvalue weighted by Gasteiger charge is 2.38. The van der Waals surface area contributed by atoms with Crippen LogP contribution in [0.1, 0.15) is 51.0 Å². The van der Waals surface area contributed by atoms with Crippen molar-refractivity contribution in [1.29, 1.82) is 0 Å². The molecule has 1 saturated heterocycles. The average Bonchev–Trinajstić information content (AvgIpc) is 2.65. The van der Waals surface area contributed by atoms with Crippen LogP contribution in [0.5, 0.6) is 0 Å². The van der Waals surface area contributed by atoms with Crippen LogP contribution in [0.25, 0.3) is 0 Å². The molecule has 150 valence electrons. The van der Waals surface area contributed by atoms with E-state index in [1.807, 2.05) is 0 Å². The summed E-state index contributed by atoms with van der Waals surface area (Å²) in [5, 5.41) is 14.6. The van der Waals surface area contributed by atoms with Crippen molar-refractivity contribution >= 4 is 11.4 Å². The van der Waals surface area contributed by atoms with Gasteiger partial charge in [0, 0.05) is 31.8 Å². The molecule has 6 nitrogen and oxygen atoms in total. The quantitative estimate of drug-likeness (QED) is 0.611. The van der Waals surface area contributed by atoms with E-state index < -0.39 is 10.7 Å². The molecule has 0 bridgehead atoms. The monoisotopic (exact) mass is 379 g/mol. The second-order valence-electron chi connectivity index (χ2n) is 8.21. The molecule has 0 amide bonds. The minimum atomic E-state index is -0.540. The number of hydrogen-bond acceptors (Lipinski definition) is 5. The number of ether oxygens (including phenoxy) is 1. The summed E-state index contributed by atoms with van der Waals surface area (Å²) in [7, 11) is 1.79. The number of piperidine rings is 1. The van der Waals surface area contributed by atoms with Crippen molar-refractivity contribution in [2.24, 2.45) is 0 Å². The summed E-state index contributed by atoms with van der Waals surface area (Å²) in [4.78, 5) is 13.3. The van der Waals surface area contributed by atoms with E-state index in [4.69, 9.17) is 4.74 Å². The van der Waals surface area contributed by atoms with Crippen molar-refractivity contribution < 1.29 is 14.1 Å². The van der Waals surface area contributed by atoms with Gasteiger partial charge >= 0.3 is 0 Å². The van der Waals surface area contributed by atoms with Crippen LogP contribution in [0.3, 0.4) is 0 Å². The Bertz CT molecular complexity index is 681. The van der Waals surface area contributed by atoms with Crippen LogP contribution in [-0.2, 0) is 4.74 Å². The van der Waals surface area contributed by atoms with Gasteiger partial charge in [0.05, 0.1) is 17.1 Å². The molecular weight excluding hydrogens is 349 g/mol. The van der Waals surface area contributed by atoms with Gasteiger partial charge in [-0.2, -0.15) is 0 Å². The lowest BCUT2D eigenvalue weighted by molar-refractivity contribution is -0.384. The van der Waals surface area contributed by atoms with Gasteiger partial charge < -0.3 is 10.1 Å². The van der Waals surface area contributed by atoms with E-state index in [0.717, 1.165) is 57.7 Å². The van der Waals surface area contributed by atoms with E-state index in [9.17, 15) is 14.5 Å². The third-order valence-electron chi connectivity index (χ3n) is 6.43. The molecule has 1 aromatic carbocycles. The highest BCUT2D eigenvalue weighted by molar-refractivity contribution is 5.63. The number of nitrogens with one attached hydrogen (secondary N) is 1. The number of hydrogen-bond donors (Lipinski definition) is 1.